The van der Waals surface area contributed by atoms with E-state index in [2.05, 4.69) is 12.2 Å². The number of ether oxygens (including phenoxy) is 1. The molecule has 2 aliphatic rings. The van der Waals surface area contributed by atoms with Crippen LogP contribution in [0.4, 0.5) is 0 Å². The Morgan fingerprint density at radius 1 is 1.29 bits per heavy atom. The van der Waals surface area contributed by atoms with Crippen LogP contribution in [-0.2, 0) is 4.74 Å². The van der Waals surface area contributed by atoms with Crippen molar-refractivity contribution in [1.82, 2.24) is 5.32 Å². The van der Waals surface area contributed by atoms with Crippen molar-refractivity contribution in [3.05, 3.63) is 0 Å². The average Bonchev–Trinajstić information content (AvgIpc) is 2.59. The van der Waals surface area contributed by atoms with Crippen molar-refractivity contribution in [2.24, 2.45) is 11.3 Å². The van der Waals surface area contributed by atoms with Crippen LogP contribution in [0.1, 0.15) is 39.0 Å². The fourth-order valence-corrected chi connectivity index (χ4v) is 3.19. The minimum absolute atomic E-state index is 0.605. The molecule has 1 saturated heterocycles. The van der Waals surface area contributed by atoms with E-state index < -0.39 is 0 Å². The Bertz CT molecular complexity index is 175. The minimum Gasteiger partial charge on any atom is -0.381 e. The third-order valence-corrected chi connectivity index (χ3v) is 4.11. The van der Waals surface area contributed by atoms with Crippen LogP contribution in [0.25, 0.3) is 0 Å². The third-order valence-electron chi connectivity index (χ3n) is 4.11. The van der Waals surface area contributed by atoms with Crippen molar-refractivity contribution in [3.63, 3.8) is 0 Å². The SMILES string of the molecule is CCOC[C@H]1CNCC12CCCCC2. The highest BCUT2D eigenvalue weighted by atomic mass is 16.5. The third kappa shape index (κ3) is 1.96. The van der Waals surface area contributed by atoms with Crippen LogP contribution in [0, 0.1) is 11.3 Å². The van der Waals surface area contributed by atoms with E-state index in [9.17, 15) is 0 Å². The Hall–Kier alpha value is -0.0800. The van der Waals surface area contributed by atoms with Gasteiger partial charge >= 0.3 is 0 Å². The predicted octanol–water partition coefficient (Wildman–Crippen LogP) is 2.19. The molecular weight excluding hydrogens is 174 g/mol. The fraction of sp³-hybridized carbons (Fsp3) is 1.00. The van der Waals surface area contributed by atoms with Crippen molar-refractivity contribution >= 4 is 0 Å². The molecule has 1 aliphatic heterocycles. The number of nitrogens with one attached hydrogen (secondary N) is 1. The normalized spacial score (nSPS) is 31.1. The molecule has 0 amide bonds. The van der Waals surface area contributed by atoms with Crippen LogP contribution in [0.15, 0.2) is 0 Å². The van der Waals surface area contributed by atoms with Gasteiger partial charge in [0.15, 0.2) is 0 Å². The zero-order chi connectivity index (χ0) is 9.86. The molecule has 0 aromatic rings. The highest BCUT2D eigenvalue weighted by Gasteiger charge is 2.42. The minimum atomic E-state index is 0.605. The molecule has 1 N–H and O–H groups in total. The summed E-state index contributed by atoms with van der Waals surface area (Å²) in [5.74, 6) is 0.780. The summed E-state index contributed by atoms with van der Waals surface area (Å²) in [6.07, 6.45) is 7.17. The highest BCUT2D eigenvalue weighted by molar-refractivity contribution is 4.96. The van der Waals surface area contributed by atoms with Crippen molar-refractivity contribution in [3.8, 4) is 0 Å². The maximum atomic E-state index is 5.60. The maximum absolute atomic E-state index is 5.60. The van der Waals surface area contributed by atoms with Gasteiger partial charge in [0.2, 0.25) is 0 Å². The van der Waals surface area contributed by atoms with E-state index >= 15 is 0 Å². The van der Waals surface area contributed by atoms with Crippen LogP contribution in [0.2, 0.25) is 0 Å². The van der Waals surface area contributed by atoms with Gasteiger partial charge in [-0.1, -0.05) is 19.3 Å². The molecule has 1 saturated carbocycles. The van der Waals surface area contributed by atoms with Crippen LogP contribution in [0.3, 0.4) is 0 Å². The van der Waals surface area contributed by atoms with E-state index in [0.29, 0.717) is 5.41 Å². The lowest BCUT2D eigenvalue weighted by Gasteiger charge is -2.38. The topological polar surface area (TPSA) is 21.3 Å². The van der Waals surface area contributed by atoms with E-state index in [1.54, 1.807) is 0 Å². The van der Waals surface area contributed by atoms with Gasteiger partial charge in [0.1, 0.15) is 0 Å². The van der Waals surface area contributed by atoms with Gasteiger partial charge in [-0.15, -0.1) is 0 Å². The number of rotatable bonds is 3. The van der Waals surface area contributed by atoms with Gasteiger partial charge in [-0.25, -0.2) is 0 Å². The fourth-order valence-electron chi connectivity index (χ4n) is 3.19. The second-order valence-corrected chi connectivity index (χ2v) is 4.91. The molecule has 0 aromatic heterocycles. The lowest BCUT2D eigenvalue weighted by atomic mass is 9.68. The summed E-state index contributed by atoms with van der Waals surface area (Å²) >= 11 is 0. The van der Waals surface area contributed by atoms with Crippen LogP contribution < -0.4 is 5.32 Å². The smallest absolute Gasteiger partial charge is 0.0512 e. The first-order valence-electron chi connectivity index (χ1n) is 6.16. The molecule has 2 nitrogen and oxygen atoms in total. The summed E-state index contributed by atoms with van der Waals surface area (Å²) in [7, 11) is 0. The molecule has 1 aliphatic carbocycles. The van der Waals surface area contributed by atoms with Gasteiger partial charge in [-0.2, -0.15) is 0 Å². The Morgan fingerprint density at radius 2 is 2.07 bits per heavy atom. The quantitative estimate of drug-likeness (QED) is 0.749. The Morgan fingerprint density at radius 3 is 2.79 bits per heavy atom. The molecule has 0 bridgehead atoms. The first-order valence-corrected chi connectivity index (χ1v) is 6.16. The van der Waals surface area contributed by atoms with Gasteiger partial charge in [0.25, 0.3) is 0 Å². The predicted molar refractivity (Wildman–Crippen MR) is 58.4 cm³/mol. The monoisotopic (exact) mass is 197 g/mol. The summed E-state index contributed by atoms with van der Waals surface area (Å²) < 4.78 is 5.60. The summed E-state index contributed by atoms with van der Waals surface area (Å²) in [5.41, 5.74) is 0.605. The van der Waals surface area contributed by atoms with Crippen molar-refractivity contribution in [1.29, 1.82) is 0 Å². The number of hydrogen-bond acceptors (Lipinski definition) is 2. The molecule has 0 aromatic carbocycles. The largest absolute Gasteiger partial charge is 0.381 e. The lowest BCUT2D eigenvalue weighted by molar-refractivity contribution is 0.0468. The number of hydrogen-bond donors (Lipinski definition) is 1. The Kier molecular flexibility index (Phi) is 3.45. The summed E-state index contributed by atoms with van der Waals surface area (Å²) in [6.45, 7) is 6.36. The molecule has 0 unspecified atom stereocenters. The zero-order valence-corrected chi connectivity index (χ0v) is 9.35. The van der Waals surface area contributed by atoms with Crippen LogP contribution >= 0.6 is 0 Å². The van der Waals surface area contributed by atoms with E-state index in [0.717, 1.165) is 19.1 Å². The zero-order valence-electron chi connectivity index (χ0n) is 9.35. The Labute approximate surface area is 87.4 Å². The Balaban J connectivity index is 1.93. The molecular formula is C12H23NO. The van der Waals surface area contributed by atoms with Gasteiger partial charge in [0.05, 0.1) is 6.61 Å². The van der Waals surface area contributed by atoms with Gasteiger partial charge in [-0.05, 0) is 25.2 Å². The summed E-state index contributed by atoms with van der Waals surface area (Å²) in [4.78, 5) is 0. The van der Waals surface area contributed by atoms with E-state index in [1.165, 1.54) is 45.2 Å². The van der Waals surface area contributed by atoms with E-state index in [1.807, 2.05) is 0 Å². The summed E-state index contributed by atoms with van der Waals surface area (Å²) in [5, 5.41) is 3.56. The first kappa shape index (κ1) is 10.4. The lowest BCUT2D eigenvalue weighted by Crippen LogP contribution is -2.34. The molecule has 2 heteroatoms. The average molecular weight is 197 g/mol. The van der Waals surface area contributed by atoms with Crippen LogP contribution in [0.5, 0.6) is 0 Å². The van der Waals surface area contributed by atoms with Crippen molar-refractivity contribution in [2.45, 2.75) is 39.0 Å². The molecule has 14 heavy (non-hydrogen) atoms. The molecule has 82 valence electrons. The summed E-state index contributed by atoms with van der Waals surface area (Å²) in [6, 6.07) is 0. The van der Waals surface area contributed by atoms with Crippen molar-refractivity contribution in [2.75, 3.05) is 26.3 Å². The van der Waals surface area contributed by atoms with E-state index in [4.69, 9.17) is 4.74 Å². The molecule has 2 fully saturated rings. The van der Waals surface area contributed by atoms with E-state index in [-0.39, 0.29) is 0 Å². The second kappa shape index (κ2) is 4.63. The van der Waals surface area contributed by atoms with Gasteiger partial charge < -0.3 is 10.1 Å². The van der Waals surface area contributed by atoms with Gasteiger partial charge in [0, 0.05) is 25.6 Å². The van der Waals surface area contributed by atoms with Gasteiger partial charge in [-0.3, -0.25) is 0 Å². The standard InChI is InChI=1S/C12H23NO/c1-2-14-9-11-8-13-10-12(11)6-4-3-5-7-12/h11,13H,2-10H2,1H3/t11-/m1/s1. The molecule has 1 heterocycles. The van der Waals surface area contributed by atoms with Crippen LogP contribution in [-0.4, -0.2) is 26.3 Å². The first-order chi connectivity index (χ1) is 6.87. The molecule has 1 atom stereocenters. The molecule has 1 spiro atoms. The maximum Gasteiger partial charge on any atom is 0.0512 e. The second-order valence-electron chi connectivity index (χ2n) is 4.91. The molecule has 0 radical (unpaired) electrons. The van der Waals surface area contributed by atoms with Crippen molar-refractivity contribution < 1.29 is 4.74 Å². The highest BCUT2D eigenvalue weighted by Crippen LogP contribution is 2.44. The molecule has 2 rings (SSSR count).